The molecule has 0 unspecified atom stereocenters. The summed E-state index contributed by atoms with van der Waals surface area (Å²) in [4.78, 5) is 19.9. The molecule has 4 rings (SSSR count). The van der Waals surface area contributed by atoms with E-state index in [1.807, 2.05) is 23.1 Å². The number of anilines is 2. The number of guanidine groups is 1. The Morgan fingerprint density at radius 3 is 2.48 bits per heavy atom. The molecular formula is C22H30FN7O. The van der Waals surface area contributed by atoms with Crippen LogP contribution in [0.15, 0.2) is 41.7 Å². The Bertz CT molecular complexity index is 865. The maximum Gasteiger partial charge on any atom is 0.225 e. The Hall–Kier alpha value is -2.94. The number of ether oxygens (including phenoxy) is 1. The second-order valence-corrected chi connectivity index (χ2v) is 7.58. The van der Waals surface area contributed by atoms with Gasteiger partial charge in [-0.05, 0) is 30.7 Å². The second-order valence-electron chi connectivity index (χ2n) is 7.58. The lowest BCUT2D eigenvalue weighted by atomic mass is 10.1. The van der Waals surface area contributed by atoms with Gasteiger partial charge in [0.1, 0.15) is 5.82 Å². The van der Waals surface area contributed by atoms with Gasteiger partial charge in [-0.1, -0.05) is 6.07 Å². The van der Waals surface area contributed by atoms with E-state index in [0.717, 1.165) is 63.3 Å². The van der Waals surface area contributed by atoms with Crippen LogP contribution in [0.3, 0.4) is 0 Å². The predicted octanol–water partition coefficient (Wildman–Crippen LogP) is 1.74. The topological polar surface area (TPSA) is 69.1 Å². The lowest BCUT2D eigenvalue weighted by Gasteiger charge is -2.36. The molecule has 1 N–H and O–H groups in total. The lowest BCUT2D eigenvalue weighted by Crippen LogP contribution is -2.52. The number of piperazine rings is 1. The van der Waals surface area contributed by atoms with Crippen LogP contribution in [0.4, 0.5) is 16.0 Å². The van der Waals surface area contributed by atoms with E-state index in [4.69, 9.17) is 9.73 Å². The van der Waals surface area contributed by atoms with Gasteiger partial charge in [-0.15, -0.1) is 0 Å². The Morgan fingerprint density at radius 1 is 1.06 bits per heavy atom. The largest absolute Gasteiger partial charge is 0.378 e. The normalized spacial score (nSPS) is 17.7. The first-order valence-corrected chi connectivity index (χ1v) is 10.9. The SMILES string of the molecule is CCNC(=NCc1ccc(N2CCOCC2)c(F)c1)N1CCN(c2ncccn2)CC1. The average molecular weight is 428 g/mol. The molecule has 166 valence electrons. The molecule has 2 aliphatic heterocycles. The summed E-state index contributed by atoms with van der Waals surface area (Å²) in [6, 6.07) is 7.25. The summed E-state index contributed by atoms with van der Waals surface area (Å²) in [7, 11) is 0. The van der Waals surface area contributed by atoms with Crippen molar-refractivity contribution in [2.24, 2.45) is 4.99 Å². The van der Waals surface area contributed by atoms with Crippen molar-refractivity contribution in [2.45, 2.75) is 13.5 Å². The lowest BCUT2D eigenvalue weighted by molar-refractivity contribution is 0.122. The van der Waals surface area contributed by atoms with E-state index in [0.29, 0.717) is 25.4 Å². The van der Waals surface area contributed by atoms with E-state index in [-0.39, 0.29) is 5.82 Å². The summed E-state index contributed by atoms with van der Waals surface area (Å²) in [6.07, 6.45) is 3.54. The minimum Gasteiger partial charge on any atom is -0.378 e. The van der Waals surface area contributed by atoms with Crippen LogP contribution < -0.4 is 15.1 Å². The van der Waals surface area contributed by atoms with E-state index in [9.17, 15) is 4.39 Å². The van der Waals surface area contributed by atoms with Gasteiger partial charge in [0.2, 0.25) is 5.95 Å². The molecule has 31 heavy (non-hydrogen) atoms. The van der Waals surface area contributed by atoms with Crippen LogP contribution in [0.2, 0.25) is 0 Å². The van der Waals surface area contributed by atoms with E-state index >= 15 is 0 Å². The van der Waals surface area contributed by atoms with Gasteiger partial charge in [-0.3, -0.25) is 0 Å². The van der Waals surface area contributed by atoms with Gasteiger partial charge in [0.25, 0.3) is 0 Å². The van der Waals surface area contributed by atoms with Crippen molar-refractivity contribution in [3.8, 4) is 0 Å². The molecule has 0 radical (unpaired) electrons. The third kappa shape index (κ3) is 5.41. The molecular weight excluding hydrogens is 397 g/mol. The van der Waals surface area contributed by atoms with Gasteiger partial charge < -0.3 is 24.8 Å². The van der Waals surface area contributed by atoms with Crippen molar-refractivity contribution < 1.29 is 9.13 Å². The minimum atomic E-state index is -0.198. The first-order chi connectivity index (χ1) is 15.2. The van der Waals surface area contributed by atoms with Crippen LogP contribution in [0.5, 0.6) is 0 Å². The summed E-state index contributed by atoms with van der Waals surface area (Å²) >= 11 is 0. The number of halogens is 1. The molecule has 2 aromatic rings. The average Bonchev–Trinajstić information content (AvgIpc) is 2.83. The highest BCUT2D eigenvalue weighted by atomic mass is 19.1. The standard InChI is InChI=1S/C22H30FN7O/c1-2-24-21(29-8-10-30(11-9-29)22-25-6-3-7-26-22)27-17-18-4-5-20(19(23)16-18)28-12-14-31-15-13-28/h3-7,16H,2,8-15,17H2,1H3,(H,24,27). The molecule has 2 aliphatic rings. The number of benzene rings is 1. The Kier molecular flexibility index (Phi) is 7.14. The third-order valence-corrected chi connectivity index (χ3v) is 5.52. The molecule has 0 aliphatic carbocycles. The number of nitrogens with zero attached hydrogens (tertiary/aromatic N) is 6. The summed E-state index contributed by atoms with van der Waals surface area (Å²) < 4.78 is 20.1. The summed E-state index contributed by atoms with van der Waals surface area (Å²) in [5.74, 6) is 1.42. The quantitative estimate of drug-likeness (QED) is 0.576. The van der Waals surface area contributed by atoms with Crippen molar-refractivity contribution in [1.29, 1.82) is 0 Å². The first kappa shape index (κ1) is 21.3. The van der Waals surface area contributed by atoms with Gasteiger partial charge in [0, 0.05) is 58.2 Å². The minimum absolute atomic E-state index is 0.198. The Morgan fingerprint density at radius 2 is 1.81 bits per heavy atom. The molecule has 2 saturated heterocycles. The van der Waals surface area contributed by atoms with Crippen molar-refractivity contribution >= 4 is 17.6 Å². The smallest absolute Gasteiger partial charge is 0.225 e. The fraction of sp³-hybridized carbons (Fsp3) is 0.500. The molecule has 0 atom stereocenters. The highest BCUT2D eigenvalue weighted by molar-refractivity contribution is 5.80. The highest BCUT2D eigenvalue weighted by Gasteiger charge is 2.21. The van der Waals surface area contributed by atoms with Crippen LogP contribution in [-0.2, 0) is 11.3 Å². The number of hydrogen-bond acceptors (Lipinski definition) is 6. The third-order valence-electron chi connectivity index (χ3n) is 5.52. The van der Waals surface area contributed by atoms with Crippen LogP contribution >= 0.6 is 0 Å². The zero-order valence-corrected chi connectivity index (χ0v) is 18.0. The molecule has 0 saturated carbocycles. The molecule has 0 amide bonds. The van der Waals surface area contributed by atoms with Crippen molar-refractivity contribution in [3.63, 3.8) is 0 Å². The van der Waals surface area contributed by atoms with Gasteiger partial charge in [-0.2, -0.15) is 0 Å². The highest BCUT2D eigenvalue weighted by Crippen LogP contribution is 2.22. The molecule has 3 heterocycles. The molecule has 0 bridgehead atoms. The Labute approximate surface area is 182 Å². The predicted molar refractivity (Wildman–Crippen MR) is 120 cm³/mol. The molecule has 9 heteroatoms. The zero-order valence-electron chi connectivity index (χ0n) is 18.0. The number of aliphatic imine (C=N–C) groups is 1. The summed E-state index contributed by atoms with van der Waals surface area (Å²) in [5, 5.41) is 3.37. The summed E-state index contributed by atoms with van der Waals surface area (Å²) in [6.45, 7) is 9.31. The zero-order chi connectivity index (χ0) is 21.5. The number of hydrogen-bond donors (Lipinski definition) is 1. The fourth-order valence-corrected chi connectivity index (χ4v) is 3.87. The van der Waals surface area contributed by atoms with Crippen molar-refractivity contribution in [3.05, 3.63) is 48.0 Å². The first-order valence-electron chi connectivity index (χ1n) is 10.9. The van der Waals surface area contributed by atoms with E-state index in [2.05, 4.69) is 32.0 Å². The maximum absolute atomic E-state index is 14.7. The Balaban J connectivity index is 1.38. The van der Waals surface area contributed by atoms with Gasteiger partial charge in [-0.25, -0.2) is 19.4 Å². The molecule has 1 aromatic carbocycles. The number of morpholine rings is 1. The number of nitrogens with one attached hydrogen (secondary N) is 1. The maximum atomic E-state index is 14.7. The molecule has 0 spiro atoms. The van der Waals surface area contributed by atoms with Crippen LogP contribution in [0.1, 0.15) is 12.5 Å². The molecule has 2 fully saturated rings. The van der Waals surface area contributed by atoms with E-state index in [1.54, 1.807) is 18.5 Å². The second kappa shape index (κ2) is 10.4. The monoisotopic (exact) mass is 427 g/mol. The molecule has 1 aromatic heterocycles. The fourth-order valence-electron chi connectivity index (χ4n) is 3.87. The van der Waals surface area contributed by atoms with Crippen molar-refractivity contribution in [1.82, 2.24) is 20.2 Å². The van der Waals surface area contributed by atoms with Crippen molar-refractivity contribution in [2.75, 3.05) is 68.8 Å². The van der Waals surface area contributed by atoms with Crippen LogP contribution in [-0.4, -0.2) is 79.9 Å². The van der Waals surface area contributed by atoms with Gasteiger partial charge in [0.15, 0.2) is 5.96 Å². The number of aromatic nitrogens is 2. The van der Waals surface area contributed by atoms with E-state index < -0.39 is 0 Å². The summed E-state index contributed by atoms with van der Waals surface area (Å²) in [5.41, 5.74) is 1.50. The van der Waals surface area contributed by atoms with Crippen LogP contribution in [0.25, 0.3) is 0 Å². The van der Waals surface area contributed by atoms with Gasteiger partial charge in [0.05, 0.1) is 25.4 Å². The van der Waals surface area contributed by atoms with E-state index in [1.165, 1.54) is 0 Å². The van der Waals surface area contributed by atoms with Gasteiger partial charge >= 0.3 is 0 Å². The number of rotatable bonds is 5. The molecule has 8 nitrogen and oxygen atoms in total. The van der Waals surface area contributed by atoms with Crippen LogP contribution in [0, 0.1) is 5.82 Å².